The molecule has 3 aromatic heterocycles. The molecule has 4 aromatic rings. The van der Waals surface area contributed by atoms with Gasteiger partial charge in [-0.1, -0.05) is 0 Å². The van der Waals surface area contributed by atoms with Crippen LogP contribution in [-0.2, 0) is 0 Å². The molecular weight excluding hydrogens is 336 g/mol. The van der Waals surface area contributed by atoms with E-state index in [1.54, 1.807) is 24.2 Å². The van der Waals surface area contributed by atoms with Gasteiger partial charge in [0.2, 0.25) is 0 Å². The van der Waals surface area contributed by atoms with Gasteiger partial charge in [-0.25, -0.2) is 9.97 Å². The molecule has 0 aliphatic carbocycles. The number of fused-ring (bicyclic) bond motifs is 3. The Morgan fingerprint density at radius 3 is 2.72 bits per heavy atom. The molecule has 6 nitrogen and oxygen atoms in total. The quantitative estimate of drug-likeness (QED) is 0.609. The van der Waals surface area contributed by atoms with Crippen molar-refractivity contribution < 1.29 is 4.74 Å². The Morgan fingerprint density at radius 1 is 1.20 bits per heavy atom. The molecule has 0 saturated carbocycles. The highest BCUT2D eigenvalue weighted by molar-refractivity contribution is 7.25. The van der Waals surface area contributed by atoms with Crippen LogP contribution in [0.5, 0.6) is 5.75 Å². The zero-order valence-corrected chi connectivity index (χ0v) is 14.6. The van der Waals surface area contributed by atoms with E-state index in [2.05, 4.69) is 15.3 Å². The fraction of sp³-hybridized carbons (Fsp3) is 0.167. The van der Waals surface area contributed by atoms with E-state index in [1.165, 1.54) is 11.3 Å². The summed E-state index contributed by atoms with van der Waals surface area (Å²) in [5.41, 5.74) is 2.30. The van der Waals surface area contributed by atoms with Gasteiger partial charge in [0.05, 0.1) is 23.7 Å². The molecule has 0 unspecified atom stereocenters. The number of nitrogens with one attached hydrogen (secondary N) is 1. The second kappa shape index (κ2) is 6.18. The molecule has 126 valence electrons. The Balaban J connectivity index is 1.95. The van der Waals surface area contributed by atoms with E-state index < -0.39 is 0 Å². The van der Waals surface area contributed by atoms with Crippen LogP contribution >= 0.6 is 11.3 Å². The van der Waals surface area contributed by atoms with Crippen molar-refractivity contribution in [3.05, 3.63) is 53.2 Å². The molecule has 0 saturated heterocycles. The minimum atomic E-state index is -0.0967. The third-order valence-corrected chi connectivity index (χ3v) is 5.07. The second-order valence-corrected chi connectivity index (χ2v) is 6.47. The largest absolute Gasteiger partial charge is 0.497 e. The fourth-order valence-corrected chi connectivity index (χ4v) is 3.87. The third-order valence-electron chi connectivity index (χ3n) is 4.00. The van der Waals surface area contributed by atoms with Crippen LogP contribution in [0.3, 0.4) is 0 Å². The summed E-state index contributed by atoms with van der Waals surface area (Å²) in [4.78, 5) is 22.7. The summed E-state index contributed by atoms with van der Waals surface area (Å²) in [6.45, 7) is 2.82. The van der Waals surface area contributed by atoms with Crippen molar-refractivity contribution in [3.8, 4) is 11.4 Å². The van der Waals surface area contributed by atoms with Gasteiger partial charge in [-0.15, -0.1) is 11.3 Å². The topological polar surface area (TPSA) is 69.0 Å². The van der Waals surface area contributed by atoms with Crippen molar-refractivity contribution in [1.29, 1.82) is 0 Å². The van der Waals surface area contributed by atoms with Crippen LogP contribution in [0.25, 0.3) is 26.1 Å². The molecule has 25 heavy (non-hydrogen) atoms. The number of benzene rings is 1. The lowest BCUT2D eigenvalue weighted by Gasteiger charge is -2.07. The summed E-state index contributed by atoms with van der Waals surface area (Å²) in [6, 6.07) is 9.23. The first kappa shape index (κ1) is 15.6. The van der Waals surface area contributed by atoms with Gasteiger partial charge < -0.3 is 10.1 Å². The van der Waals surface area contributed by atoms with Crippen molar-refractivity contribution >= 4 is 37.5 Å². The van der Waals surface area contributed by atoms with Gasteiger partial charge in [0.25, 0.3) is 5.56 Å². The monoisotopic (exact) mass is 352 g/mol. The average Bonchev–Trinajstić information content (AvgIpc) is 3.03. The van der Waals surface area contributed by atoms with E-state index in [4.69, 9.17) is 4.74 Å². The molecule has 0 amide bonds. The Morgan fingerprint density at radius 2 is 2.00 bits per heavy atom. The van der Waals surface area contributed by atoms with Gasteiger partial charge in [-0.05, 0) is 37.3 Å². The van der Waals surface area contributed by atoms with Gasteiger partial charge in [-0.2, -0.15) is 0 Å². The van der Waals surface area contributed by atoms with Crippen molar-refractivity contribution in [2.45, 2.75) is 6.92 Å². The van der Waals surface area contributed by atoms with Gasteiger partial charge in [-0.3, -0.25) is 9.36 Å². The van der Waals surface area contributed by atoms with Gasteiger partial charge in [0.1, 0.15) is 21.6 Å². The van der Waals surface area contributed by atoms with E-state index in [0.717, 1.165) is 33.9 Å². The van der Waals surface area contributed by atoms with Gasteiger partial charge in [0, 0.05) is 18.4 Å². The van der Waals surface area contributed by atoms with Crippen molar-refractivity contribution in [3.63, 3.8) is 0 Å². The lowest BCUT2D eigenvalue weighted by atomic mass is 10.2. The molecule has 0 bridgehead atoms. The number of nitrogens with zero attached hydrogens (tertiary/aromatic N) is 3. The van der Waals surface area contributed by atoms with Crippen LogP contribution in [0.1, 0.15) is 6.92 Å². The molecule has 0 aliphatic rings. The highest BCUT2D eigenvalue weighted by Gasteiger charge is 2.15. The Kier molecular flexibility index (Phi) is 3.85. The first-order chi connectivity index (χ1) is 12.2. The first-order valence-corrected chi connectivity index (χ1v) is 8.71. The lowest BCUT2D eigenvalue weighted by Crippen LogP contribution is -2.17. The minimum absolute atomic E-state index is 0.0967. The SMILES string of the molecule is CCNc1ccnc2sc3c(=O)n(-c4ccc(OC)cc4)cnc3c12. The predicted molar refractivity (Wildman–Crippen MR) is 101 cm³/mol. The minimum Gasteiger partial charge on any atom is -0.497 e. The maximum absolute atomic E-state index is 13.0. The third kappa shape index (κ3) is 2.53. The number of pyridine rings is 1. The summed E-state index contributed by atoms with van der Waals surface area (Å²) in [7, 11) is 1.61. The average molecular weight is 352 g/mol. The molecule has 1 N–H and O–H groups in total. The van der Waals surface area contributed by atoms with Crippen LogP contribution in [0.2, 0.25) is 0 Å². The number of anilines is 1. The standard InChI is InChI=1S/C18H16N4O2S/c1-3-19-13-8-9-20-17-14(13)15-16(25-17)18(23)22(10-21-15)11-4-6-12(24-2)7-5-11/h4-10H,3H2,1-2H3,(H,19,20). The Bertz CT molecular complexity index is 1120. The summed E-state index contributed by atoms with van der Waals surface area (Å²) in [6.07, 6.45) is 3.32. The van der Waals surface area contributed by atoms with Crippen molar-refractivity contribution in [2.75, 3.05) is 19.0 Å². The summed E-state index contributed by atoms with van der Waals surface area (Å²) in [5.74, 6) is 0.743. The van der Waals surface area contributed by atoms with Gasteiger partial charge >= 0.3 is 0 Å². The molecule has 7 heteroatoms. The normalized spacial score (nSPS) is 11.1. The molecule has 0 aliphatic heterocycles. The zero-order chi connectivity index (χ0) is 17.4. The summed E-state index contributed by atoms with van der Waals surface area (Å²) < 4.78 is 7.31. The number of hydrogen-bond acceptors (Lipinski definition) is 6. The van der Waals surface area contributed by atoms with E-state index in [1.807, 2.05) is 37.3 Å². The number of rotatable bonds is 4. The van der Waals surface area contributed by atoms with E-state index in [-0.39, 0.29) is 5.56 Å². The van der Waals surface area contributed by atoms with E-state index >= 15 is 0 Å². The predicted octanol–water partition coefficient (Wildman–Crippen LogP) is 3.44. The maximum atomic E-state index is 13.0. The smallest absolute Gasteiger partial charge is 0.275 e. The fourth-order valence-electron chi connectivity index (χ4n) is 2.82. The van der Waals surface area contributed by atoms with E-state index in [9.17, 15) is 4.79 Å². The van der Waals surface area contributed by atoms with Crippen LogP contribution in [0.15, 0.2) is 47.7 Å². The summed E-state index contributed by atoms with van der Waals surface area (Å²) >= 11 is 1.37. The maximum Gasteiger partial charge on any atom is 0.275 e. The van der Waals surface area contributed by atoms with Crippen molar-refractivity contribution in [2.24, 2.45) is 0 Å². The van der Waals surface area contributed by atoms with Crippen molar-refractivity contribution in [1.82, 2.24) is 14.5 Å². The summed E-state index contributed by atoms with van der Waals surface area (Å²) in [5, 5.41) is 4.22. The molecule has 3 heterocycles. The molecule has 0 spiro atoms. The van der Waals surface area contributed by atoms with E-state index in [0.29, 0.717) is 10.2 Å². The molecule has 1 aromatic carbocycles. The molecular formula is C18H16N4O2S. The number of hydrogen-bond donors (Lipinski definition) is 1. The highest BCUT2D eigenvalue weighted by Crippen LogP contribution is 2.34. The molecule has 0 fully saturated rings. The van der Waals surface area contributed by atoms with Crippen LogP contribution < -0.4 is 15.6 Å². The number of ether oxygens (including phenoxy) is 1. The molecule has 0 radical (unpaired) electrons. The number of aromatic nitrogens is 3. The number of thiophene rings is 1. The van der Waals surface area contributed by atoms with Gasteiger partial charge in [0.15, 0.2) is 0 Å². The zero-order valence-electron chi connectivity index (χ0n) is 13.8. The number of methoxy groups -OCH3 is 1. The Labute approximate surface area is 147 Å². The van der Waals surface area contributed by atoms with Crippen LogP contribution in [0.4, 0.5) is 5.69 Å². The first-order valence-electron chi connectivity index (χ1n) is 7.90. The van der Waals surface area contributed by atoms with Crippen LogP contribution in [0, 0.1) is 0 Å². The lowest BCUT2D eigenvalue weighted by molar-refractivity contribution is 0.414. The molecule has 0 atom stereocenters. The highest BCUT2D eigenvalue weighted by atomic mass is 32.1. The molecule has 4 rings (SSSR count). The van der Waals surface area contributed by atoms with Crippen LogP contribution in [-0.4, -0.2) is 28.2 Å². The Hall–Kier alpha value is -2.93. The second-order valence-electron chi connectivity index (χ2n) is 5.47.